The van der Waals surface area contributed by atoms with E-state index in [0.29, 0.717) is 23.6 Å². The van der Waals surface area contributed by atoms with Gasteiger partial charge in [0.25, 0.3) is 0 Å². The maximum atomic E-state index is 5.59. The fourth-order valence-corrected chi connectivity index (χ4v) is 4.69. The summed E-state index contributed by atoms with van der Waals surface area (Å²) >= 11 is 0. The van der Waals surface area contributed by atoms with Gasteiger partial charge in [-0.3, -0.25) is 4.90 Å². The standard InChI is InChI=1S/C24H27N7O/c1-15-12-30(9-8-29(15)3)18-13-31(14-18)23-11-25-20-6-5-19(27-24(20)28-23)17-4-7-22-21(10-17)26-16(2)32-22/h4-7,10-11,15,18H,8-9,12-14H2,1-3H3/t15-/m1/s1. The number of oxazole rings is 1. The second kappa shape index (κ2) is 7.50. The summed E-state index contributed by atoms with van der Waals surface area (Å²) in [6.07, 6.45) is 1.87. The summed E-state index contributed by atoms with van der Waals surface area (Å²) in [5.74, 6) is 1.57. The van der Waals surface area contributed by atoms with Gasteiger partial charge in [0.1, 0.15) is 16.9 Å². The van der Waals surface area contributed by atoms with Gasteiger partial charge < -0.3 is 14.2 Å². The van der Waals surface area contributed by atoms with E-state index >= 15 is 0 Å². The number of aryl methyl sites for hydroxylation is 1. The van der Waals surface area contributed by atoms with Crippen molar-refractivity contribution >= 4 is 28.1 Å². The predicted molar refractivity (Wildman–Crippen MR) is 125 cm³/mol. The number of nitrogens with zero attached hydrogens (tertiary/aromatic N) is 7. The first-order chi connectivity index (χ1) is 15.5. The molecule has 2 saturated heterocycles. The van der Waals surface area contributed by atoms with E-state index in [1.165, 1.54) is 0 Å². The van der Waals surface area contributed by atoms with Crippen LogP contribution in [-0.2, 0) is 0 Å². The third kappa shape index (κ3) is 3.40. The lowest BCUT2D eigenvalue weighted by molar-refractivity contribution is 0.0610. The molecule has 0 saturated carbocycles. The van der Waals surface area contributed by atoms with Crippen LogP contribution in [0.5, 0.6) is 0 Å². The molecule has 2 fully saturated rings. The van der Waals surface area contributed by atoms with Crippen molar-refractivity contribution in [1.29, 1.82) is 0 Å². The van der Waals surface area contributed by atoms with Gasteiger partial charge >= 0.3 is 0 Å². The maximum absolute atomic E-state index is 5.59. The first kappa shape index (κ1) is 19.6. The average Bonchev–Trinajstić information content (AvgIpc) is 3.14. The molecule has 0 amide bonds. The van der Waals surface area contributed by atoms with Crippen LogP contribution in [0, 0.1) is 6.92 Å². The molecule has 0 N–H and O–H groups in total. The minimum absolute atomic E-state index is 0.598. The Labute approximate surface area is 186 Å². The van der Waals surface area contributed by atoms with Gasteiger partial charge in [0.15, 0.2) is 17.1 Å². The van der Waals surface area contributed by atoms with Crippen LogP contribution in [0.25, 0.3) is 33.5 Å². The van der Waals surface area contributed by atoms with Crippen molar-refractivity contribution < 1.29 is 4.42 Å². The van der Waals surface area contributed by atoms with Crippen LogP contribution in [0.3, 0.4) is 0 Å². The topological polar surface area (TPSA) is 74.4 Å². The Morgan fingerprint density at radius 3 is 2.69 bits per heavy atom. The van der Waals surface area contributed by atoms with Crippen LogP contribution in [-0.4, -0.2) is 81.6 Å². The van der Waals surface area contributed by atoms with Crippen LogP contribution in [0.2, 0.25) is 0 Å². The lowest BCUT2D eigenvalue weighted by Crippen LogP contribution is -2.64. The second-order valence-corrected chi connectivity index (χ2v) is 9.07. The largest absolute Gasteiger partial charge is 0.441 e. The highest BCUT2D eigenvalue weighted by molar-refractivity contribution is 5.82. The summed E-state index contributed by atoms with van der Waals surface area (Å²) in [6, 6.07) is 11.1. The zero-order valence-corrected chi connectivity index (χ0v) is 18.7. The van der Waals surface area contributed by atoms with Gasteiger partial charge in [-0.05, 0) is 44.3 Å². The van der Waals surface area contributed by atoms with Gasteiger partial charge in [0, 0.05) is 57.3 Å². The molecule has 6 rings (SSSR count). The third-order valence-corrected chi connectivity index (χ3v) is 6.88. The molecule has 3 aromatic heterocycles. The summed E-state index contributed by atoms with van der Waals surface area (Å²) in [5.41, 5.74) is 4.96. The molecule has 0 radical (unpaired) electrons. The highest BCUT2D eigenvalue weighted by Crippen LogP contribution is 2.27. The zero-order chi connectivity index (χ0) is 21.8. The van der Waals surface area contributed by atoms with E-state index in [4.69, 9.17) is 14.4 Å². The summed E-state index contributed by atoms with van der Waals surface area (Å²) in [4.78, 5) is 26.1. The van der Waals surface area contributed by atoms with Crippen LogP contribution >= 0.6 is 0 Å². The van der Waals surface area contributed by atoms with Gasteiger partial charge in [-0.1, -0.05) is 0 Å². The number of hydrogen-bond donors (Lipinski definition) is 0. The monoisotopic (exact) mass is 429 g/mol. The molecule has 0 spiro atoms. The average molecular weight is 430 g/mol. The molecule has 8 nitrogen and oxygen atoms in total. The number of piperazine rings is 1. The van der Waals surface area contributed by atoms with Crippen LogP contribution in [0.15, 0.2) is 40.9 Å². The SMILES string of the molecule is Cc1nc2cc(-c3ccc4ncc(N5CC(N6CCN(C)[C@H](C)C6)C5)nc4n3)ccc2o1. The van der Waals surface area contributed by atoms with Gasteiger partial charge in [0.05, 0.1) is 11.9 Å². The summed E-state index contributed by atoms with van der Waals surface area (Å²) in [6.45, 7) is 9.58. The van der Waals surface area contributed by atoms with Gasteiger partial charge in [-0.15, -0.1) is 0 Å². The number of hydrogen-bond acceptors (Lipinski definition) is 8. The minimum atomic E-state index is 0.598. The molecule has 0 aliphatic carbocycles. The Balaban J connectivity index is 1.22. The van der Waals surface area contributed by atoms with E-state index in [1.54, 1.807) is 0 Å². The number of benzene rings is 1. The fourth-order valence-electron chi connectivity index (χ4n) is 4.69. The van der Waals surface area contributed by atoms with E-state index in [9.17, 15) is 0 Å². The molecule has 164 valence electrons. The van der Waals surface area contributed by atoms with Crippen molar-refractivity contribution in [1.82, 2.24) is 29.7 Å². The molecular weight excluding hydrogens is 402 g/mol. The maximum Gasteiger partial charge on any atom is 0.192 e. The van der Waals surface area contributed by atoms with Gasteiger partial charge in [-0.25, -0.2) is 19.9 Å². The first-order valence-electron chi connectivity index (χ1n) is 11.2. The lowest BCUT2D eigenvalue weighted by Gasteiger charge is -2.49. The summed E-state index contributed by atoms with van der Waals surface area (Å²) in [5, 5.41) is 0. The van der Waals surface area contributed by atoms with Crippen molar-refractivity contribution in [2.45, 2.75) is 25.9 Å². The smallest absolute Gasteiger partial charge is 0.192 e. The van der Waals surface area contributed by atoms with E-state index in [2.05, 4.69) is 38.6 Å². The number of anilines is 1. The molecule has 32 heavy (non-hydrogen) atoms. The molecule has 5 heterocycles. The van der Waals surface area contributed by atoms with Crippen molar-refractivity contribution in [3.8, 4) is 11.3 Å². The van der Waals surface area contributed by atoms with Crippen molar-refractivity contribution in [3.63, 3.8) is 0 Å². The minimum Gasteiger partial charge on any atom is -0.441 e. The quantitative estimate of drug-likeness (QED) is 0.492. The summed E-state index contributed by atoms with van der Waals surface area (Å²) < 4.78 is 5.59. The number of rotatable bonds is 3. The molecule has 1 atom stereocenters. The van der Waals surface area contributed by atoms with E-state index in [0.717, 1.165) is 66.4 Å². The molecule has 4 aromatic rings. The summed E-state index contributed by atoms with van der Waals surface area (Å²) in [7, 11) is 2.21. The first-order valence-corrected chi connectivity index (χ1v) is 11.2. The number of aromatic nitrogens is 4. The van der Waals surface area contributed by atoms with Crippen molar-refractivity contribution in [3.05, 3.63) is 42.4 Å². The lowest BCUT2D eigenvalue weighted by atomic mass is 10.0. The molecule has 2 aliphatic heterocycles. The zero-order valence-electron chi connectivity index (χ0n) is 18.7. The number of pyridine rings is 1. The van der Waals surface area contributed by atoms with Crippen LogP contribution < -0.4 is 4.90 Å². The fraction of sp³-hybridized carbons (Fsp3) is 0.417. The van der Waals surface area contributed by atoms with Crippen molar-refractivity contribution in [2.75, 3.05) is 44.7 Å². The highest BCUT2D eigenvalue weighted by Gasteiger charge is 2.35. The van der Waals surface area contributed by atoms with Crippen molar-refractivity contribution in [2.24, 2.45) is 0 Å². The Morgan fingerprint density at radius 1 is 0.969 bits per heavy atom. The molecular formula is C24H27N7O. The molecule has 8 heteroatoms. The van der Waals surface area contributed by atoms with E-state index < -0.39 is 0 Å². The Kier molecular flexibility index (Phi) is 4.58. The van der Waals surface area contributed by atoms with Crippen LogP contribution in [0.1, 0.15) is 12.8 Å². The van der Waals surface area contributed by atoms with Gasteiger partial charge in [-0.2, -0.15) is 0 Å². The van der Waals surface area contributed by atoms with E-state index in [1.807, 2.05) is 43.5 Å². The molecule has 0 unspecified atom stereocenters. The number of fused-ring (bicyclic) bond motifs is 2. The molecule has 1 aromatic carbocycles. The van der Waals surface area contributed by atoms with E-state index in [-0.39, 0.29) is 0 Å². The normalized spacial score (nSPS) is 20.8. The molecule has 2 aliphatic rings. The number of likely N-dealkylation sites (N-methyl/N-ethyl adjacent to an activating group) is 1. The third-order valence-electron chi connectivity index (χ3n) is 6.88. The Hall–Kier alpha value is -3.10. The van der Waals surface area contributed by atoms with Gasteiger partial charge in [0.2, 0.25) is 0 Å². The van der Waals surface area contributed by atoms with Crippen LogP contribution in [0.4, 0.5) is 5.82 Å². The Morgan fingerprint density at radius 2 is 1.84 bits per heavy atom. The second-order valence-electron chi connectivity index (χ2n) is 9.07. The highest BCUT2D eigenvalue weighted by atomic mass is 16.3. The molecule has 0 bridgehead atoms. The predicted octanol–water partition coefficient (Wildman–Crippen LogP) is 2.97. The Bertz CT molecular complexity index is 1300.